The lowest BCUT2D eigenvalue weighted by Crippen LogP contribution is -2.47. The zero-order chi connectivity index (χ0) is 13.1. The lowest BCUT2D eigenvalue weighted by molar-refractivity contribution is -0.122. The molecule has 1 aromatic heterocycles. The maximum Gasteiger partial charge on any atom is 0.257 e. The molecule has 6 nitrogen and oxygen atoms in total. The third-order valence-electron chi connectivity index (χ3n) is 3.10. The van der Waals surface area contributed by atoms with Gasteiger partial charge in [0.05, 0.1) is 5.69 Å². The van der Waals surface area contributed by atoms with Crippen LogP contribution in [0, 0.1) is 6.92 Å². The van der Waals surface area contributed by atoms with Gasteiger partial charge in [-0.05, 0) is 19.8 Å². The van der Waals surface area contributed by atoms with Crippen molar-refractivity contribution in [2.45, 2.75) is 39.2 Å². The molecular weight excluding hydrogens is 234 g/mol. The zero-order valence-corrected chi connectivity index (χ0v) is 10.6. The Kier molecular flexibility index (Phi) is 3.64. The molecular formula is C12H17N3O3. The number of aromatic nitrogens is 1. The first-order valence-electron chi connectivity index (χ1n) is 6.14. The molecule has 0 saturated carbocycles. The maximum atomic E-state index is 12.1. The Bertz CT molecular complexity index is 457. The second-order valence-electron chi connectivity index (χ2n) is 4.43. The quantitative estimate of drug-likeness (QED) is 0.821. The molecule has 6 heteroatoms. The minimum Gasteiger partial charge on any atom is -0.361 e. The summed E-state index contributed by atoms with van der Waals surface area (Å²) in [5.41, 5.74) is 1.19. The molecule has 1 aliphatic heterocycles. The molecule has 0 radical (unpaired) electrons. The molecule has 2 amide bonds. The van der Waals surface area contributed by atoms with Crippen molar-refractivity contribution in [3.8, 4) is 0 Å². The number of nitrogens with one attached hydrogen (secondary N) is 2. The first-order chi connectivity index (χ1) is 8.61. The molecule has 2 heterocycles. The summed E-state index contributed by atoms with van der Waals surface area (Å²) in [5.74, 6) is 0.395. The molecule has 0 spiro atoms. The normalized spacial score (nSPS) is 19.4. The molecule has 0 aliphatic carbocycles. The molecule has 1 aromatic rings. The second-order valence-corrected chi connectivity index (χ2v) is 4.43. The summed E-state index contributed by atoms with van der Waals surface area (Å²) in [4.78, 5) is 23.2. The molecule has 1 unspecified atom stereocenters. The zero-order valence-electron chi connectivity index (χ0n) is 10.6. The monoisotopic (exact) mass is 251 g/mol. The molecule has 1 atom stereocenters. The van der Waals surface area contributed by atoms with Crippen molar-refractivity contribution in [1.82, 2.24) is 15.8 Å². The predicted octanol–water partition coefficient (Wildman–Crippen LogP) is 0.554. The van der Waals surface area contributed by atoms with Crippen molar-refractivity contribution in [3.05, 3.63) is 17.0 Å². The average molecular weight is 251 g/mol. The number of aryl methyl sites for hydroxylation is 2. The third-order valence-corrected chi connectivity index (χ3v) is 3.10. The molecule has 1 fully saturated rings. The van der Waals surface area contributed by atoms with Gasteiger partial charge in [0.25, 0.3) is 5.91 Å². The Morgan fingerprint density at radius 1 is 1.61 bits per heavy atom. The second kappa shape index (κ2) is 5.20. The number of nitrogens with zero attached hydrogens (tertiary/aromatic N) is 1. The van der Waals surface area contributed by atoms with Crippen LogP contribution in [-0.4, -0.2) is 29.6 Å². The Morgan fingerprint density at radius 3 is 3.00 bits per heavy atom. The Labute approximate surface area is 105 Å². The first-order valence-corrected chi connectivity index (χ1v) is 6.14. The Hall–Kier alpha value is -1.85. The number of hydrogen-bond donors (Lipinski definition) is 2. The average Bonchev–Trinajstić information content (AvgIpc) is 2.73. The summed E-state index contributed by atoms with van der Waals surface area (Å²) in [6.07, 6.45) is 1.78. The highest BCUT2D eigenvalue weighted by atomic mass is 16.5. The molecule has 1 saturated heterocycles. The number of carbonyl (C=O) groups excluding carboxylic acids is 2. The van der Waals surface area contributed by atoms with Crippen molar-refractivity contribution in [2.24, 2.45) is 0 Å². The van der Waals surface area contributed by atoms with Crippen LogP contribution < -0.4 is 10.6 Å². The van der Waals surface area contributed by atoms with Crippen LogP contribution in [0.4, 0.5) is 0 Å². The van der Waals surface area contributed by atoms with Crippen molar-refractivity contribution in [3.63, 3.8) is 0 Å². The highest BCUT2D eigenvalue weighted by molar-refractivity contribution is 5.96. The number of rotatable bonds is 3. The van der Waals surface area contributed by atoms with Gasteiger partial charge in [0.1, 0.15) is 11.3 Å². The fraction of sp³-hybridized carbons (Fsp3) is 0.583. The van der Waals surface area contributed by atoms with E-state index in [-0.39, 0.29) is 17.9 Å². The van der Waals surface area contributed by atoms with Crippen LogP contribution in [0.15, 0.2) is 4.52 Å². The molecule has 0 aromatic carbocycles. The van der Waals surface area contributed by atoms with Gasteiger partial charge in [-0.25, -0.2) is 0 Å². The van der Waals surface area contributed by atoms with Crippen LogP contribution in [0.1, 0.15) is 41.6 Å². The van der Waals surface area contributed by atoms with Gasteiger partial charge in [0, 0.05) is 19.0 Å². The van der Waals surface area contributed by atoms with E-state index in [1.165, 1.54) is 0 Å². The summed E-state index contributed by atoms with van der Waals surface area (Å²) in [5, 5.41) is 9.49. The summed E-state index contributed by atoms with van der Waals surface area (Å²) < 4.78 is 5.03. The summed E-state index contributed by atoms with van der Waals surface area (Å²) in [6, 6.07) is -0.0193. The van der Waals surface area contributed by atoms with Gasteiger partial charge >= 0.3 is 0 Å². The highest BCUT2D eigenvalue weighted by Crippen LogP contribution is 2.14. The minimum atomic E-state index is -0.174. The SMILES string of the molecule is CCc1noc(C)c1C(=O)NC1CCC(=O)NC1. The van der Waals surface area contributed by atoms with E-state index in [0.29, 0.717) is 42.8 Å². The smallest absolute Gasteiger partial charge is 0.257 e. The molecule has 18 heavy (non-hydrogen) atoms. The van der Waals surface area contributed by atoms with Crippen LogP contribution in [0.2, 0.25) is 0 Å². The lowest BCUT2D eigenvalue weighted by Gasteiger charge is -2.23. The molecule has 98 valence electrons. The van der Waals surface area contributed by atoms with Gasteiger partial charge in [0.2, 0.25) is 5.91 Å². The lowest BCUT2D eigenvalue weighted by atomic mass is 10.1. The Morgan fingerprint density at radius 2 is 2.39 bits per heavy atom. The third kappa shape index (κ3) is 2.52. The van der Waals surface area contributed by atoms with Crippen molar-refractivity contribution >= 4 is 11.8 Å². The fourth-order valence-electron chi connectivity index (χ4n) is 2.06. The van der Waals surface area contributed by atoms with E-state index >= 15 is 0 Å². The van der Waals surface area contributed by atoms with Crippen LogP contribution in [0.5, 0.6) is 0 Å². The van der Waals surface area contributed by atoms with Gasteiger partial charge in [-0.1, -0.05) is 12.1 Å². The van der Waals surface area contributed by atoms with E-state index in [1.54, 1.807) is 6.92 Å². The topological polar surface area (TPSA) is 84.2 Å². The summed E-state index contributed by atoms with van der Waals surface area (Å²) in [7, 11) is 0. The van der Waals surface area contributed by atoms with Crippen molar-refractivity contribution in [1.29, 1.82) is 0 Å². The van der Waals surface area contributed by atoms with Crippen LogP contribution in [0.3, 0.4) is 0 Å². The van der Waals surface area contributed by atoms with Gasteiger partial charge in [-0.3, -0.25) is 9.59 Å². The first kappa shape index (κ1) is 12.6. The van der Waals surface area contributed by atoms with E-state index in [0.717, 1.165) is 0 Å². The number of amides is 2. The maximum absolute atomic E-state index is 12.1. The molecule has 1 aliphatic rings. The number of piperidine rings is 1. The molecule has 2 N–H and O–H groups in total. The molecule has 2 rings (SSSR count). The van der Waals surface area contributed by atoms with Crippen molar-refractivity contribution < 1.29 is 14.1 Å². The van der Waals surface area contributed by atoms with E-state index < -0.39 is 0 Å². The van der Waals surface area contributed by atoms with E-state index in [2.05, 4.69) is 15.8 Å². The van der Waals surface area contributed by atoms with Crippen LogP contribution in [0.25, 0.3) is 0 Å². The summed E-state index contributed by atoms with van der Waals surface area (Å²) in [6.45, 7) is 4.13. The van der Waals surface area contributed by atoms with Crippen LogP contribution >= 0.6 is 0 Å². The minimum absolute atomic E-state index is 0.0193. The number of hydrogen-bond acceptors (Lipinski definition) is 4. The number of carbonyl (C=O) groups is 2. The van der Waals surface area contributed by atoms with E-state index in [9.17, 15) is 9.59 Å². The molecule has 0 bridgehead atoms. The fourth-order valence-corrected chi connectivity index (χ4v) is 2.06. The Balaban J connectivity index is 2.03. The highest BCUT2D eigenvalue weighted by Gasteiger charge is 2.24. The van der Waals surface area contributed by atoms with Gasteiger partial charge in [-0.2, -0.15) is 0 Å². The van der Waals surface area contributed by atoms with E-state index in [4.69, 9.17) is 4.52 Å². The van der Waals surface area contributed by atoms with Crippen molar-refractivity contribution in [2.75, 3.05) is 6.54 Å². The summed E-state index contributed by atoms with van der Waals surface area (Å²) >= 11 is 0. The van der Waals surface area contributed by atoms with Crippen LogP contribution in [-0.2, 0) is 11.2 Å². The van der Waals surface area contributed by atoms with Gasteiger partial charge in [-0.15, -0.1) is 0 Å². The largest absolute Gasteiger partial charge is 0.361 e. The van der Waals surface area contributed by atoms with Gasteiger partial charge < -0.3 is 15.2 Å². The standard InChI is InChI=1S/C12H17N3O3/c1-3-9-11(7(2)18-15-9)12(17)14-8-4-5-10(16)13-6-8/h8H,3-6H2,1-2H3,(H,13,16)(H,14,17). The van der Waals surface area contributed by atoms with Gasteiger partial charge in [0.15, 0.2) is 0 Å². The van der Waals surface area contributed by atoms with E-state index in [1.807, 2.05) is 6.92 Å². The predicted molar refractivity (Wildman–Crippen MR) is 64.1 cm³/mol.